The number of rotatable bonds is 0. The standard InChI is InChI=1S/C19H15/c1-13-12-15-7-3-5-9-18(15)19-16(13)11-10-14-6-2-4-8-17(14)19/h2-11H,12H2,1H3/q+1. The molecule has 0 radical (unpaired) electrons. The fraction of sp³-hybridized carbons (Fsp3) is 0.105. The van der Waals surface area contributed by atoms with Gasteiger partial charge in [0.25, 0.3) is 0 Å². The Kier molecular flexibility index (Phi) is 2.19. The number of fused-ring (bicyclic) bond motifs is 5. The summed E-state index contributed by atoms with van der Waals surface area (Å²) in [4.78, 5) is 0. The Morgan fingerprint density at radius 2 is 1.63 bits per heavy atom. The van der Waals surface area contributed by atoms with Gasteiger partial charge in [0.1, 0.15) is 5.56 Å². The summed E-state index contributed by atoms with van der Waals surface area (Å²) in [7, 11) is 0. The monoisotopic (exact) mass is 243 g/mol. The highest BCUT2D eigenvalue weighted by molar-refractivity contribution is 6.00. The Balaban J connectivity index is 2.16. The molecule has 0 heteroatoms. The molecule has 0 fully saturated rings. The maximum atomic E-state index is 2.28. The van der Waals surface area contributed by atoms with Gasteiger partial charge in [0.15, 0.2) is 0 Å². The van der Waals surface area contributed by atoms with Crippen molar-refractivity contribution in [2.45, 2.75) is 13.3 Å². The molecule has 0 aliphatic heterocycles. The molecule has 0 heterocycles. The van der Waals surface area contributed by atoms with Gasteiger partial charge < -0.3 is 0 Å². The predicted molar refractivity (Wildman–Crippen MR) is 81.1 cm³/mol. The van der Waals surface area contributed by atoms with Crippen LogP contribution in [0.15, 0.2) is 60.7 Å². The Morgan fingerprint density at radius 3 is 2.58 bits per heavy atom. The van der Waals surface area contributed by atoms with E-state index in [1.165, 1.54) is 38.9 Å². The Morgan fingerprint density at radius 1 is 0.842 bits per heavy atom. The molecule has 0 N–H and O–H groups in total. The van der Waals surface area contributed by atoms with Gasteiger partial charge in [-0.3, -0.25) is 0 Å². The molecule has 0 spiro atoms. The van der Waals surface area contributed by atoms with E-state index in [-0.39, 0.29) is 0 Å². The largest absolute Gasteiger partial charge is 0.141 e. The van der Waals surface area contributed by atoms with Gasteiger partial charge in [-0.05, 0) is 17.7 Å². The highest BCUT2D eigenvalue weighted by Gasteiger charge is 2.30. The summed E-state index contributed by atoms with van der Waals surface area (Å²) < 4.78 is 0. The first-order valence-corrected chi connectivity index (χ1v) is 6.77. The molecular weight excluding hydrogens is 228 g/mol. The zero-order valence-corrected chi connectivity index (χ0v) is 11.0. The first-order chi connectivity index (χ1) is 9.34. The van der Waals surface area contributed by atoms with E-state index >= 15 is 0 Å². The topological polar surface area (TPSA) is 0 Å². The normalized spacial score (nSPS) is 13.2. The van der Waals surface area contributed by atoms with Crippen molar-refractivity contribution in [2.24, 2.45) is 0 Å². The van der Waals surface area contributed by atoms with Gasteiger partial charge >= 0.3 is 0 Å². The lowest BCUT2D eigenvalue weighted by Gasteiger charge is -2.19. The summed E-state index contributed by atoms with van der Waals surface area (Å²) >= 11 is 0. The van der Waals surface area contributed by atoms with E-state index in [2.05, 4.69) is 67.6 Å². The van der Waals surface area contributed by atoms with E-state index in [4.69, 9.17) is 0 Å². The Hall–Kier alpha value is -2.21. The summed E-state index contributed by atoms with van der Waals surface area (Å²) in [5, 5.41) is 2.69. The quantitative estimate of drug-likeness (QED) is 0.487. The van der Waals surface area contributed by atoms with E-state index in [0.29, 0.717) is 0 Å². The second-order valence-electron chi connectivity index (χ2n) is 5.32. The summed E-state index contributed by atoms with van der Waals surface area (Å²) in [6, 6.07) is 22.0. The van der Waals surface area contributed by atoms with Crippen molar-refractivity contribution in [1.82, 2.24) is 0 Å². The fourth-order valence-electron chi connectivity index (χ4n) is 3.22. The lowest BCUT2D eigenvalue weighted by atomic mass is 9.78. The van der Waals surface area contributed by atoms with Gasteiger partial charge in [0, 0.05) is 47.7 Å². The van der Waals surface area contributed by atoms with Gasteiger partial charge in [-0.1, -0.05) is 36.4 Å². The van der Waals surface area contributed by atoms with Crippen molar-refractivity contribution in [3.8, 4) is 11.1 Å². The average Bonchev–Trinajstić information content (AvgIpc) is 2.47. The zero-order valence-electron chi connectivity index (χ0n) is 11.0. The van der Waals surface area contributed by atoms with Gasteiger partial charge in [-0.15, -0.1) is 0 Å². The SMILES string of the molecule is C[C+]1Cc2ccccc2-c2c1ccc1ccccc21. The maximum Gasteiger partial charge on any atom is 0.141 e. The van der Waals surface area contributed by atoms with Crippen molar-refractivity contribution in [1.29, 1.82) is 0 Å². The third-order valence-electron chi connectivity index (χ3n) is 4.13. The van der Waals surface area contributed by atoms with Crippen molar-refractivity contribution in [3.63, 3.8) is 0 Å². The maximum absolute atomic E-state index is 2.28. The van der Waals surface area contributed by atoms with Crippen LogP contribution in [0.5, 0.6) is 0 Å². The van der Waals surface area contributed by atoms with E-state index in [9.17, 15) is 0 Å². The van der Waals surface area contributed by atoms with Crippen LogP contribution in [0.1, 0.15) is 18.1 Å². The second kappa shape index (κ2) is 3.89. The number of hydrogen-bond acceptors (Lipinski definition) is 0. The highest BCUT2D eigenvalue weighted by Crippen LogP contribution is 2.42. The summed E-state index contributed by atoms with van der Waals surface area (Å²) in [5.41, 5.74) is 5.68. The third-order valence-corrected chi connectivity index (χ3v) is 4.13. The molecular formula is C19H15+. The van der Waals surface area contributed by atoms with Crippen LogP contribution in [0.4, 0.5) is 0 Å². The van der Waals surface area contributed by atoms with Gasteiger partial charge in [0.05, 0.1) is 5.56 Å². The van der Waals surface area contributed by atoms with Crippen molar-refractivity contribution in [2.75, 3.05) is 0 Å². The molecule has 3 aromatic rings. The number of hydrogen-bond donors (Lipinski definition) is 0. The molecule has 0 unspecified atom stereocenters. The van der Waals surface area contributed by atoms with Crippen LogP contribution in [-0.2, 0) is 6.42 Å². The lowest BCUT2D eigenvalue weighted by Crippen LogP contribution is -2.09. The second-order valence-corrected chi connectivity index (χ2v) is 5.32. The van der Waals surface area contributed by atoms with Crippen LogP contribution >= 0.6 is 0 Å². The van der Waals surface area contributed by atoms with Crippen LogP contribution in [0.3, 0.4) is 0 Å². The van der Waals surface area contributed by atoms with Crippen molar-refractivity contribution < 1.29 is 0 Å². The number of benzene rings is 3. The molecule has 0 bridgehead atoms. The van der Waals surface area contributed by atoms with Crippen LogP contribution in [-0.4, -0.2) is 0 Å². The van der Waals surface area contributed by atoms with E-state index in [1.54, 1.807) is 0 Å². The van der Waals surface area contributed by atoms with Gasteiger partial charge in [-0.2, -0.15) is 0 Å². The van der Waals surface area contributed by atoms with Crippen LogP contribution in [0.2, 0.25) is 0 Å². The summed E-state index contributed by atoms with van der Waals surface area (Å²) in [6.45, 7) is 2.25. The molecule has 1 aliphatic rings. The summed E-state index contributed by atoms with van der Waals surface area (Å²) in [6.07, 6.45) is 1.07. The van der Waals surface area contributed by atoms with Crippen molar-refractivity contribution in [3.05, 3.63) is 77.7 Å². The van der Waals surface area contributed by atoms with E-state index in [1.807, 2.05) is 0 Å². The van der Waals surface area contributed by atoms with E-state index < -0.39 is 0 Å². The molecule has 0 atom stereocenters. The molecule has 0 nitrogen and oxygen atoms in total. The van der Waals surface area contributed by atoms with Crippen molar-refractivity contribution >= 4 is 10.8 Å². The molecule has 19 heavy (non-hydrogen) atoms. The minimum Gasteiger partial charge on any atom is -0.0618 e. The molecule has 0 saturated carbocycles. The molecule has 4 rings (SSSR count). The van der Waals surface area contributed by atoms with E-state index in [0.717, 1.165) is 6.42 Å². The van der Waals surface area contributed by atoms with Gasteiger partial charge in [0.2, 0.25) is 0 Å². The average molecular weight is 243 g/mol. The molecule has 0 saturated heterocycles. The minimum atomic E-state index is 1.07. The molecule has 0 aromatic heterocycles. The highest BCUT2D eigenvalue weighted by atomic mass is 14.3. The zero-order chi connectivity index (χ0) is 12.8. The molecule has 1 aliphatic carbocycles. The Labute approximate surface area is 113 Å². The van der Waals surface area contributed by atoms with Gasteiger partial charge in [-0.25, -0.2) is 0 Å². The fourth-order valence-corrected chi connectivity index (χ4v) is 3.22. The van der Waals surface area contributed by atoms with Crippen LogP contribution in [0, 0.1) is 5.92 Å². The molecule has 3 aromatic carbocycles. The predicted octanol–water partition coefficient (Wildman–Crippen LogP) is 5.01. The smallest absolute Gasteiger partial charge is 0.0618 e. The van der Waals surface area contributed by atoms with Crippen LogP contribution < -0.4 is 0 Å². The molecule has 90 valence electrons. The third kappa shape index (κ3) is 1.50. The van der Waals surface area contributed by atoms with Crippen LogP contribution in [0.25, 0.3) is 21.9 Å². The lowest BCUT2D eigenvalue weighted by molar-refractivity contribution is 0.978. The Bertz CT molecular complexity index is 768. The minimum absolute atomic E-state index is 1.07. The first-order valence-electron chi connectivity index (χ1n) is 6.77. The first kappa shape index (κ1) is 10.7. The molecule has 0 amide bonds. The summed E-state index contributed by atoms with van der Waals surface area (Å²) in [5.74, 6) is 1.47.